The van der Waals surface area contributed by atoms with Crippen molar-refractivity contribution < 1.29 is 14.8 Å². The maximum absolute atomic E-state index is 12.1. The highest BCUT2D eigenvalue weighted by Crippen LogP contribution is 2.27. The molecule has 0 heterocycles. The maximum atomic E-state index is 12.1. The average molecular weight is 341 g/mol. The van der Waals surface area contributed by atoms with Crippen molar-refractivity contribution in [2.45, 2.75) is 29.8 Å². The van der Waals surface area contributed by atoms with Gasteiger partial charge in [0.15, 0.2) is 0 Å². The van der Waals surface area contributed by atoms with Crippen molar-refractivity contribution in [2.24, 2.45) is 0 Å². The first-order valence-electron chi connectivity index (χ1n) is 6.10. The molecule has 0 fully saturated rings. The molecule has 20 heavy (non-hydrogen) atoms. The molecular formula is C13H18Cl3N2O2+. The second-order valence-corrected chi connectivity index (χ2v) is 7.03. The number of amides is 1. The third-order valence-electron chi connectivity index (χ3n) is 2.57. The Morgan fingerprint density at radius 2 is 1.80 bits per heavy atom. The number of carbonyl (C=O) groups excluding carboxylic acids is 1. The van der Waals surface area contributed by atoms with Crippen LogP contribution in [-0.4, -0.2) is 29.0 Å². The topological polar surface area (TPSA) is 54.9 Å². The molecule has 1 aromatic rings. The number of ether oxygens (including phenoxy) is 1. The van der Waals surface area contributed by atoms with Gasteiger partial charge in [-0.1, -0.05) is 34.8 Å². The average Bonchev–Trinajstić information content (AvgIpc) is 2.36. The van der Waals surface area contributed by atoms with E-state index < -0.39 is 9.96 Å². The van der Waals surface area contributed by atoms with E-state index in [0.717, 1.165) is 0 Å². The number of alkyl halides is 3. The number of rotatable bonds is 5. The van der Waals surface area contributed by atoms with Crippen LogP contribution in [0.3, 0.4) is 0 Å². The highest BCUT2D eigenvalue weighted by atomic mass is 35.6. The van der Waals surface area contributed by atoms with E-state index in [4.69, 9.17) is 39.5 Å². The molecule has 7 heteroatoms. The summed E-state index contributed by atoms with van der Waals surface area (Å²) in [6.07, 6.45) is -0.665. The van der Waals surface area contributed by atoms with Gasteiger partial charge in [0.2, 0.25) is 6.17 Å². The summed E-state index contributed by atoms with van der Waals surface area (Å²) in [5.74, 6) is 0.370. The number of hydrogen-bond acceptors (Lipinski definition) is 2. The largest absolute Gasteiger partial charge is 0.497 e. The van der Waals surface area contributed by atoms with Crippen LogP contribution in [0.15, 0.2) is 24.3 Å². The Morgan fingerprint density at radius 3 is 2.20 bits per heavy atom. The van der Waals surface area contributed by atoms with Crippen LogP contribution >= 0.6 is 34.8 Å². The molecule has 1 unspecified atom stereocenters. The quantitative estimate of drug-likeness (QED) is 0.637. The second-order valence-electron chi connectivity index (χ2n) is 4.66. The van der Waals surface area contributed by atoms with Crippen molar-refractivity contribution in [1.82, 2.24) is 5.32 Å². The summed E-state index contributed by atoms with van der Waals surface area (Å²) in [6, 6.07) is 6.88. The summed E-state index contributed by atoms with van der Waals surface area (Å²) >= 11 is 17.7. The minimum Gasteiger partial charge on any atom is -0.497 e. The fraction of sp³-hybridized carbons (Fsp3) is 0.462. The highest BCUT2D eigenvalue weighted by Gasteiger charge is 2.38. The van der Waals surface area contributed by atoms with Gasteiger partial charge in [0.25, 0.3) is 9.70 Å². The normalized spacial score (nSPS) is 13.2. The lowest BCUT2D eigenvalue weighted by Crippen LogP contribution is -2.99. The molecule has 0 spiro atoms. The molecule has 112 valence electrons. The van der Waals surface area contributed by atoms with Crippen LogP contribution in [-0.2, 0) is 0 Å². The van der Waals surface area contributed by atoms with Crippen molar-refractivity contribution >= 4 is 40.7 Å². The van der Waals surface area contributed by atoms with Crippen molar-refractivity contribution in [3.63, 3.8) is 0 Å². The molecule has 0 radical (unpaired) electrons. The van der Waals surface area contributed by atoms with Crippen molar-refractivity contribution in [3.8, 4) is 5.75 Å². The first kappa shape index (κ1) is 17.4. The van der Waals surface area contributed by atoms with Gasteiger partial charge in [-0.3, -0.25) is 10.1 Å². The number of halogens is 3. The first-order chi connectivity index (χ1) is 9.24. The maximum Gasteiger partial charge on any atom is 0.262 e. The molecule has 4 nitrogen and oxygen atoms in total. The summed E-state index contributed by atoms with van der Waals surface area (Å²) in [4.78, 5) is 12.1. The monoisotopic (exact) mass is 339 g/mol. The molecule has 1 rings (SSSR count). The van der Waals surface area contributed by atoms with Crippen LogP contribution in [0.2, 0.25) is 0 Å². The van der Waals surface area contributed by atoms with Gasteiger partial charge in [0.05, 0.1) is 13.2 Å². The Morgan fingerprint density at radius 1 is 1.25 bits per heavy atom. The lowest BCUT2D eigenvalue weighted by Gasteiger charge is -2.25. The SMILES string of the molecule is COc1ccc(C(=O)NC([NH2+]C(C)C)C(Cl)(Cl)Cl)cc1. The van der Waals surface area contributed by atoms with Crippen LogP contribution in [0.1, 0.15) is 24.2 Å². The zero-order chi connectivity index (χ0) is 15.3. The predicted molar refractivity (Wildman–Crippen MR) is 81.6 cm³/mol. The molecule has 1 amide bonds. The van der Waals surface area contributed by atoms with Crippen LogP contribution < -0.4 is 15.4 Å². The minimum atomic E-state index is -1.59. The summed E-state index contributed by atoms with van der Waals surface area (Å²) in [5.41, 5.74) is 0.474. The summed E-state index contributed by atoms with van der Waals surface area (Å²) < 4.78 is 3.44. The van der Waals surface area contributed by atoms with E-state index >= 15 is 0 Å². The van der Waals surface area contributed by atoms with Crippen molar-refractivity contribution in [3.05, 3.63) is 29.8 Å². The molecular weight excluding hydrogens is 323 g/mol. The zero-order valence-corrected chi connectivity index (χ0v) is 13.8. The number of nitrogens with two attached hydrogens (primary N) is 1. The molecule has 0 bridgehead atoms. The number of benzene rings is 1. The van der Waals surface area contributed by atoms with Crippen molar-refractivity contribution in [2.75, 3.05) is 7.11 Å². The first-order valence-corrected chi connectivity index (χ1v) is 7.24. The van der Waals surface area contributed by atoms with Crippen LogP contribution in [0.25, 0.3) is 0 Å². The molecule has 0 aromatic heterocycles. The molecule has 1 aromatic carbocycles. The molecule has 0 saturated carbocycles. The van der Waals surface area contributed by atoms with Gasteiger partial charge < -0.3 is 10.1 Å². The fourth-order valence-electron chi connectivity index (χ4n) is 1.59. The molecule has 1 atom stereocenters. The molecule has 0 aliphatic rings. The Bertz CT molecular complexity index is 444. The smallest absolute Gasteiger partial charge is 0.262 e. The number of carbonyl (C=O) groups is 1. The van der Waals surface area contributed by atoms with Gasteiger partial charge in [-0.05, 0) is 38.1 Å². The van der Waals surface area contributed by atoms with E-state index in [9.17, 15) is 4.79 Å². The molecule has 0 saturated heterocycles. The standard InChI is InChI=1S/C13H17Cl3N2O2/c1-8(2)17-12(13(14,15)16)18-11(19)9-4-6-10(20-3)7-5-9/h4-8,12,17H,1-3H3,(H,18,19)/p+1. The lowest BCUT2D eigenvalue weighted by molar-refractivity contribution is -0.717. The summed E-state index contributed by atoms with van der Waals surface area (Å²) in [5, 5.41) is 4.50. The van der Waals surface area contributed by atoms with E-state index in [1.807, 2.05) is 13.8 Å². The van der Waals surface area contributed by atoms with Gasteiger partial charge in [-0.2, -0.15) is 0 Å². The van der Waals surface area contributed by atoms with Crippen LogP contribution in [0.4, 0.5) is 0 Å². The van der Waals surface area contributed by atoms with Crippen LogP contribution in [0.5, 0.6) is 5.75 Å². The summed E-state index contributed by atoms with van der Waals surface area (Å²) in [7, 11) is 1.56. The number of quaternary nitrogens is 1. The van der Waals surface area contributed by atoms with Gasteiger partial charge in [-0.25, -0.2) is 0 Å². The van der Waals surface area contributed by atoms with Gasteiger partial charge in [0, 0.05) is 5.56 Å². The second kappa shape index (κ2) is 7.36. The summed E-state index contributed by atoms with van der Waals surface area (Å²) in [6.45, 7) is 3.89. The molecule has 3 N–H and O–H groups in total. The third kappa shape index (κ3) is 5.37. The van der Waals surface area contributed by atoms with Gasteiger partial charge in [0.1, 0.15) is 5.75 Å². The molecule has 0 aliphatic carbocycles. The Balaban J connectivity index is 2.79. The number of nitrogens with one attached hydrogen (secondary N) is 1. The number of hydrogen-bond donors (Lipinski definition) is 2. The van der Waals surface area contributed by atoms with Gasteiger partial charge in [-0.15, -0.1) is 0 Å². The highest BCUT2D eigenvalue weighted by molar-refractivity contribution is 6.68. The van der Waals surface area contributed by atoms with E-state index in [2.05, 4.69) is 5.32 Å². The van der Waals surface area contributed by atoms with E-state index in [-0.39, 0.29) is 11.9 Å². The number of methoxy groups -OCH3 is 1. The van der Waals surface area contributed by atoms with E-state index in [1.54, 1.807) is 36.7 Å². The van der Waals surface area contributed by atoms with E-state index in [1.165, 1.54) is 0 Å². The van der Waals surface area contributed by atoms with Gasteiger partial charge >= 0.3 is 0 Å². The third-order valence-corrected chi connectivity index (χ3v) is 3.27. The predicted octanol–water partition coefficient (Wildman–Crippen LogP) is 2.09. The zero-order valence-electron chi connectivity index (χ0n) is 11.5. The Labute approximate surface area is 133 Å². The van der Waals surface area contributed by atoms with Crippen LogP contribution in [0, 0.1) is 0 Å². The van der Waals surface area contributed by atoms with E-state index in [0.29, 0.717) is 11.3 Å². The lowest BCUT2D eigenvalue weighted by atomic mass is 10.2. The fourth-order valence-corrected chi connectivity index (χ4v) is 1.97. The minimum absolute atomic E-state index is 0.173. The Hall–Kier alpha value is -0.680. The molecule has 0 aliphatic heterocycles. The van der Waals surface area contributed by atoms with Crippen molar-refractivity contribution in [1.29, 1.82) is 0 Å². The Kier molecular flexibility index (Phi) is 6.40.